The quantitative estimate of drug-likeness (QED) is 0.414. The van der Waals surface area contributed by atoms with Gasteiger partial charge in [-0.05, 0) is 71.8 Å². The number of fused-ring (bicyclic) bond motifs is 1. The number of aromatic nitrogens is 2. The zero-order valence-corrected chi connectivity index (χ0v) is 23.4. The Hall–Kier alpha value is -3.18. The molecule has 1 saturated heterocycles. The fourth-order valence-electron chi connectivity index (χ4n) is 5.55. The van der Waals surface area contributed by atoms with Crippen molar-refractivity contribution in [3.8, 4) is 23.1 Å². The third-order valence-electron chi connectivity index (χ3n) is 7.97. The minimum absolute atomic E-state index is 0.0422. The zero-order chi connectivity index (χ0) is 26.9. The number of hydrogen-bond acceptors (Lipinski definition) is 7. The van der Waals surface area contributed by atoms with Gasteiger partial charge in [0.05, 0.1) is 30.1 Å². The lowest BCUT2D eigenvalue weighted by Crippen LogP contribution is -2.45. The van der Waals surface area contributed by atoms with Crippen LogP contribution in [-0.2, 0) is 18.4 Å². The van der Waals surface area contributed by atoms with Crippen LogP contribution in [-0.4, -0.2) is 59.6 Å². The van der Waals surface area contributed by atoms with Gasteiger partial charge >= 0.3 is 0 Å². The van der Waals surface area contributed by atoms with E-state index in [2.05, 4.69) is 53.0 Å². The molecule has 7 nitrogen and oxygen atoms in total. The summed E-state index contributed by atoms with van der Waals surface area (Å²) < 4.78 is 5.72. The van der Waals surface area contributed by atoms with Gasteiger partial charge in [-0.25, -0.2) is 9.97 Å². The Kier molecular flexibility index (Phi) is 7.58. The minimum Gasteiger partial charge on any atom is -0.495 e. The highest BCUT2D eigenvalue weighted by Gasteiger charge is 2.32. The highest BCUT2D eigenvalue weighted by molar-refractivity contribution is 6.31. The van der Waals surface area contributed by atoms with Crippen molar-refractivity contribution >= 4 is 23.2 Å². The van der Waals surface area contributed by atoms with Crippen LogP contribution >= 0.6 is 11.6 Å². The number of halogens is 1. The maximum atomic E-state index is 9.80. The molecule has 0 bridgehead atoms. The van der Waals surface area contributed by atoms with Gasteiger partial charge in [0.1, 0.15) is 5.75 Å². The summed E-state index contributed by atoms with van der Waals surface area (Å²) in [6.45, 7) is 12.8. The number of likely N-dealkylation sites (N-methyl/N-ethyl adjacent to an activating group) is 1. The van der Waals surface area contributed by atoms with E-state index in [1.807, 2.05) is 24.3 Å². The van der Waals surface area contributed by atoms with Crippen LogP contribution in [0.1, 0.15) is 49.4 Å². The number of benzene rings is 2. The van der Waals surface area contributed by atoms with Gasteiger partial charge in [-0.15, -0.1) is 0 Å². The van der Waals surface area contributed by atoms with E-state index in [0.717, 1.165) is 74.5 Å². The molecule has 38 heavy (non-hydrogen) atoms. The summed E-state index contributed by atoms with van der Waals surface area (Å²) in [6, 6.07) is 12.3. The van der Waals surface area contributed by atoms with Crippen LogP contribution in [0.4, 0.5) is 11.6 Å². The number of anilines is 2. The minimum atomic E-state index is 0.0422. The molecule has 2 aromatic carbocycles. The lowest BCUT2D eigenvalue weighted by molar-refractivity contribution is 0.132. The van der Waals surface area contributed by atoms with Gasteiger partial charge in [0, 0.05) is 49.5 Å². The first-order valence-corrected chi connectivity index (χ1v) is 13.7. The van der Waals surface area contributed by atoms with Crippen molar-refractivity contribution in [2.24, 2.45) is 0 Å². The molecule has 2 heterocycles. The number of piperazine rings is 1. The molecule has 0 amide bonds. The Balaban J connectivity index is 1.39. The average Bonchev–Trinajstić information content (AvgIpc) is 3.24. The van der Waals surface area contributed by atoms with Crippen molar-refractivity contribution in [2.45, 2.75) is 45.6 Å². The van der Waals surface area contributed by atoms with E-state index in [4.69, 9.17) is 21.3 Å². The average molecular weight is 531 g/mol. The molecular formula is C30H35ClN6O. The molecule has 1 fully saturated rings. The first kappa shape index (κ1) is 26.4. The number of rotatable bonds is 7. The summed E-state index contributed by atoms with van der Waals surface area (Å²) in [7, 11) is 1.66. The van der Waals surface area contributed by atoms with Gasteiger partial charge in [0.25, 0.3) is 0 Å². The van der Waals surface area contributed by atoms with E-state index in [-0.39, 0.29) is 5.41 Å². The summed E-state index contributed by atoms with van der Waals surface area (Å²) in [5, 5.41) is 13.8. The molecule has 0 spiro atoms. The fourth-order valence-corrected chi connectivity index (χ4v) is 5.78. The van der Waals surface area contributed by atoms with Gasteiger partial charge in [0.2, 0.25) is 5.95 Å². The Morgan fingerprint density at radius 3 is 2.61 bits per heavy atom. The van der Waals surface area contributed by atoms with Crippen LogP contribution in [0, 0.1) is 11.3 Å². The zero-order valence-electron chi connectivity index (χ0n) is 22.6. The molecule has 1 N–H and O–H groups in total. The molecule has 5 rings (SSSR count). The second-order valence-electron chi connectivity index (χ2n) is 10.8. The molecule has 2 aliphatic rings. The summed E-state index contributed by atoms with van der Waals surface area (Å²) in [4.78, 5) is 14.1. The first-order valence-electron chi connectivity index (χ1n) is 13.3. The van der Waals surface area contributed by atoms with E-state index in [9.17, 15) is 5.26 Å². The maximum Gasteiger partial charge on any atom is 0.227 e. The monoisotopic (exact) mass is 530 g/mol. The van der Waals surface area contributed by atoms with E-state index in [0.29, 0.717) is 22.4 Å². The largest absolute Gasteiger partial charge is 0.495 e. The molecule has 0 unspecified atom stereocenters. The standard InChI is InChI=1S/C30H35ClN6O/c1-5-36-10-12-37(13-11-36)19-22-16-28(38-4)27(17-25(22)31)35-29-33-9-7-26(34-29)20-14-21(18-32)23-6-8-30(2,3)24(23)15-20/h7,9,14-17H,5-6,8,10-13,19H2,1-4H3,(H,33,34,35). The summed E-state index contributed by atoms with van der Waals surface area (Å²) >= 11 is 6.74. The summed E-state index contributed by atoms with van der Waals surface area (Å²) in [5.41, 5.74) is 6.61. The van der Waals surface area contributed by atoms with Gasteiger partial charge in [-0.1, -0.05) is 32.4 Å². The molecule has 198 valence electrons. The van der Waals surface area contributed by atoms with Crippen LogP contribution in [0.3, 0.4) is 0 Å². The lowest BCUT2D eigenvalue weighted by Gasteiger charge is -2.34. The number of methoxy groups -OCH3 is 1. The topological polar surface area (TPSA) is 77.3 Å². The van der Waals surface area contributed by atoms with Crippen molar-refractivity contribution in [1.29, 1.82) is 5.26 Å². The Morgan fingerprint density at radius 1 is 1.13 bits per heavy atom. The molecule has 1 aromatic heterocycles. The predicted octanol–water partition coefficient (Wildman–Crippen LogP) is 5.78. The third-order valence-corrected chi connectivity index (χ3v) is 8.32. The molecule has 1 aliphatic heterocycles. The molecular weight excluding hydrogens is 496 g/mol. The van der Waals surface area contributed by atoms with Crippen molar-refractivity contribution in [1.82, 2.24) is 19.8 Å². The second-order valence-corrected chi connectivity index (χ2v) is 11.2. The Bertz CT molecular complexity index is 1370. The SMILES string of the molecule is CCN1CCN(Cc2cc(OC)c(Nc3nccc(-c4cc(C#N)c5c(c4)C(C)(C)CC5)n3)cc2Cl)CC1. The molecule has 3 aromatic rings. The number of nitrogens with one attached hydrogen (secondary N) is 1. The normalized spacial score (nSPS) is 17.2. The van der Waals surface area contributed by atoms with Gasteiger partial charge in [0.15, 0.2) is 0 Å². The van der Waals surface area contributed by atoms with E-state index in [1.54, 1.807) is 13.3 Å². The second kappa shape index (κ2) is 10.9. The third kappa shape index (κ3) is 5.35. The summed E-state index contributed by atoms with van der Waals surface area (Å²) in [6.07, 6.45) is 3.71. The first-order chi connectivity index (χ1) is 18.3. The van der Waals surface area contributed by atoms with E-state index < -0.39 is 0 Å². The van der Waals surface area contributed by atoms with Crippen molar-refractivity contribution < 1.29 is 4.74 Å². The van der Waals surface area contributed by atoms with Crippen LogP contribution < -0.4 is 10.1 Å². The molecule has 0 saturated carbocycles. The molecule has 0 atom stereocenters. The smallest absolute Gasteiger partial charge is 0.227 e. The van der Waals surface area contributed by atoms with Crippen molar-refractivity contribution in [3.05, 3.63) is 63.8 Å². The van der Waals surface area contributed by atoms with Crippen LogP contribution in [0.5, 0.6) is 5.75 Å². The van der Waals surface area contributed by atoms with Gasteiger partial charge in [-0.3, -0.25) is 4.90 Å². The maximum absolute atomic E-state index is 9.80. The number of nitriles is 1. The summed E-state index contributed by atoms with van der Waals surface area (Å²) in [5.74, 6) is 1.13. The van der Waals surface area contributed by atoms with Crippen molar-refractivity contribution in [2.75, 3.05) is 45.2 Å². The van der Waals surface area contributed by atoms with Crippen LogP contribution in [0.25, 0.3) is 11.3 Å². The number of nitrogens with zero attached hydrogens (tertiary/aromatic N) is 5. The molecule has 8 heteroatoms. The number of ether oxygens (including phenoxy) is 1. The van der Waals surface area contributed by atoms with Crippen LogP contribution in [0.15, 0.2) is 36.5 Å². The Labute approximate surface area is 230 Å². The molecule has 0 radical (unpaired) electrons. The van der Waals surface area contributed by atoms with E-state index >= 15 is 0 Å². The Morgan fingerprint density at radius 2 is 1.89 bits per heavy atom. The number of hydrogen-bond donors (Lipinski definition) is 1. The van der Waals surface area contributed by atoms with Crippen molar-refractivity contribution in [3.63, 3.8) is 0 Å². The fraction of sp³-hybridized carbons (Fsp3) is 0.433. The van der Waals surface area contributed by atoms with Crippen LogP contribution in [0.2, 0.25) is 5.02 Å². The molecule has 1 aliphatic carbocycles. The highest BCUT2D eigenvalue weighted by Crippen LogP contribution is 2.42. The van der Waals surface area contributed by atoms with Gasteiger partial charge in [-0.2, -0.15) is 5.26 Å². The lowest BCUT2D eigenvalue weighted by atomic mass is 9.84. The predicted molar refractivity (Wildman–Crippen MR) is 152 cm³/mol. The highest BCUT2D eigenvalue weighted by atomic mass is 35.5. The van der Waals surface area contributed by atoms with E-state index in [1.165, 1.54) is 11.1 Å². The van der Waals surface area contributed by atoms with Gasteiger partial charge < -0.3 is 15.0 Å².